The first-order valence-corrected chi connectivity index (χ1v) is 4.73. The van der Waals surface area contributed by atoms with Crippen LogP contribution in [-0.2, 0) is 0 Å². The van der Waals surface area contributed by atoms with E-state index >= 15 is 0 Å². The lowest BCUT2D eigenvalue weighted by atomic mass is 10.1. The van der Waals surface area contributed by atoms with Crippen molar-refractivity contribution in [3.05, 3.63) is 46.4 Å². The molecule has 0 radical (unpaired) electrons. The SMILES string of the molecule is N[C@@H](c1ccsc1)c1ccc[nH]1. The van der Waals surface area contributed by atoms with E-state index in [0.29, 0.717) is 0 Å². The standard InChI is InChI=1S/C9H10N2S/c10-9(7-3-5-12-6-7)8-2-1-4-11-8/h1-6,9,11H,10H2/t9-/m0/s1. The number of aromatic amines is 1. The number of nitrogens with two attached hydrogens (primary N) is 1. The van der Waals surface area contributed by atoms with Gasteiger partial charge in [-0.05, 0) is 34.5 Å². The van der Waals surface area contributed by atoms with E-state index in [1.54, 1.807) is 11.3 Å². The van der Waals surface area contributed by atoms with Gasteiger partial charge in [-0.1, -0.05) is 0 Å². The summed E-state index contributed by atoms with van der Waals surface area (Å²) in [4.78, 5) is 3.10. The Bertz CT molecular complexity index is 289. The van der Waals surface area contributed by atoms with E-state index in [1.807, 2.05) is 23.7 Å². The average molecular weight is 178 g/mol. The molecule has 1 atom stereocenters. The molecule has 0 unspecified atom stereocenters. The minimum absolute atomic E-state index is 0.00810. The summed E-state index contributed by atoms with van der Waals surface area (Å²) < 4.78 is 0. The van der Waals surface area contributed by atoms with Crippen LogP contribution in [-0.4, -0.2) is 4.98 Å². The molecule has 0 spiro atoms. The quantitative estimate of drug-likeness (QED) is 0.726. The summed E-state index contributed by atoms with van der Waals surface area (Å²) in [6.45, 7) is 0. The molecule has 12 heavy (non-hydrogen) atoms. The topological polar surface area (TPSA) is 41.8 Å². The average Bonchev–Trinajstić information content (AvgIpc) is 2.77. The smallest absolute Gasteiger partial charge is 0.0712 e. The molecule has 0 aliphatic carbocycles. The highest BCUT2D eigenvalue weighted by atomic mass is 32.1. The summed E-state index contributed by atoms with van der Waals surface area (Å²) in [5.74, 6) is 0. The fraction of sp³-hybridized carbons (Fsp3) is 0.111. The number of thiophene rings is 1. The first-order valence-electron chi connectivity index (χ1n) is 3.79. The maximum atomic E-state index is 5.98. The van der Waals surface area contributed by atoms with Gasteiger partial charge in [-0.15, -0.1) is 0 Å². The summed E-state index contributed by atoms with van der Waals surface area (Å²) in [6, 6.07) is 6.01. The van der Waals surface area contributed by atoms with E-state index in [9.17, 15) is 0 Å². The molecule has 3 heteroatoms. The van der Waals surface area contributed by atoms with Gasteiger partial charge >= 0.3 is 0 Å². The third-order valence-electron chi connectivity index (χ3n) is 1.86. The summed E-state index contributed by atoms with van der Waals surface area (Å²) in [6.07, 6.45) is 1.89. The second-order valence-electron chi connectivity index (χ2n) is 2.66. The Morgan fingerprint density at radius 3 is 2.92 bits per heavy atom. The lowest BCUT2D eigenvalue weighted by molar-refractivity contribution is 0.843. The first-order chi connectivity index (χ1) is 5.88. The van der Waals surface area contributed by atoms with Crippen LogP contribution in [0.5, 0.6) is 0 Å². The number of H-pyrrole nitrogens is 1. The van der Waals surface area contributed by atoms with Crippen molar-refractivity contribution in [2.24, 2.45) is 5.73 Å². The largest absolute Gasteiger partial charge is 0.363 e. The summed E-state index contributed by atoms with van der Waals surface area (Å²) >= 11 is 1.67. The molecule has 2 heterocycles. The van der Waals surface area contributed by atoms with Crippen molar-refractivity contribution in [2.45, 2.75) is 6.04 Å². The van der Waals surface area contributed by atoms with Crippen LogP contribution >= 0.6 is 11.3 Å². The van der Waals surface area contributed by atoms with Crippen molar-refractivity contribution < 1.29 is 0 Å². The van der Waals surface area contributed by atoms with E-state index in [2.05, 4.69) is 16.4 Å². The van der Waals surface area contributed by atoms with Crippen molar-refractivity contribution in [1.29, 1.82) is 0 Å². The van der Waals surface area contributed by atoms with Gasteiger partial charge in [-0.25, -0.2) is 0 Å². The fourth-order valence-electron chi connectivity index (χ4n) is 1.17. The van der Waals surface area contributed by atoms with Gasteiger partial charge in [0.25, 0.3) is 0 Å². The third-order valence-corrected chi connectivity index (χ3v) is 2.56. The zero-order valence-electron chi connectivity index (χ0n) is 6.53. The lowest BCUT2D eigenvalue weighted by Gasteiger charge is -2.06. The predicted octanol–water partition coefficient (Wildman–Crippen LogP) is 2.12. The first kappa shape index (κ1) is 7.58. The molecule has 62 valence electrons. The summed E-state index contributed by atoms with van der Waals surface area (Å²) in [5.41, 5.74) is 8.21. The summed E-state index contributed by atoms with van der Waals surface area (Å²) in [7, 11) is 0. The Balaban J connectivity index is 2.27. The van der Waals surface area contributed by atoms with Gasteiger partial charge in [0.2, 0.25) is 0 Å². The Labute approximate surface area is 75.0 Å². The van der Waals surface area contributed by atoms with Crippen LogP contribution in [0.25, 0.3) is 0 Å². The molecule has 0 aliphatic rings. The maximum absolute atomic E-state index is 5.98. The molecule has 0 bridgehead atoms. The highest BCUT2D eigenvalue weighted by molar-refractivity contribution is 7.07. The molecule has 0 aromatic carbocycles. The molecule has 2 aromatic heterocycles. The number of rotatable bonds is 2. The number of hydrogen-bond acceptors (Lipinski definition) is 2. The molecule has 2 aromatic rings. The Hall–Kier alpha value is -1.06. The van der Waals surface area contributed by atoms with Gasteiger partial charge in [-0.3, -0.25) is 0 Å². The van der Waals surface area contributed by atoms with Crippen LogP contribution in [0.1, 0.15) is 17.3 Å². The molecule has 0 saturated carbocycles. The van der Waals surface area contributed by atoms with Gasteiger partial charge in [-0.2, -0.15) is 11.3 Å². The van der Waals surface area contributed by atoms with Crippen molar-refractivity contribution in [3.63, 3.8) is 0 Å². The molecular formula is C9H10N2S. The van der Waals surface area contributed by atoms with Crippen molar-refractivity contribution >= 4 is 11.3 Å². The van der Waals surface area contributed by atoms with Gasteiger partial charge in [0.05, 0.1) is 6.04 Å². The van der Waals surface area contributed by atoms with E-state index in [1.165, 1.54) is 5.56 Å². The molecule has 3 N–H and O–H groups in total. The second kappa shape index (κ2) is 3.13. The van der Waals surface area contributed by atoms with Crippen LogP contribution in [0.2, 0.25) is 0 Å². The zero-order chi connectivity index (χ0) is 8.39. The van der Waals surface area contributed by atoms with Crippen molar-refractivity contribution in [3.8, 4) is 0 Å². The normalized spacial score (nSPS) is 13.1. The van der Waals surface area contributed by atoms with E-state index < -0.39 is 0 Å². The van der Waals surface area contributed by atoms with Crippen LogP contribution < -0.4 is 5.73 Å². The monoisotopic (exact) mass is 178 g/mol. The van der Waals surface area contributed by atoms with Crippen LogP contribution in [0.15, 0.2) is 35.2 Å². The van der Waals surface area contributed by atoms with Gasteiger partial charge in [0.1, 0.15) is 0 Å². The van der Waals surface area contributed by atoms with Gasteiger partial charge in [0.15, 0.2) is 0 Å². The van der Waals surface area contributed by atoms with E-state index in [0.717, 1.165) is 5.69 Å². The van der Waals surface area contributed by atoms with E-state index in [4.69, 9.17) is 5.73 Å². The lowest BCUT2D eigenvalue weighted by Crippen LogP contribution is -2.10. The van der Waals surface area contributed by atoms with Crippen molar-refractivity contribution in [1.82, 2.24) is 4.98 Å². The molecule has 0 amide bonds. The molecular weight excluding hydrogens is 168 g/mol. The molecule has 2 nitrogen and oxygen atoms in total. The van der Waals surface area contributed by atoms with Crippen molar-refractivity contribution in [2.75, 3.05) is 0 Å². The van der Waals surface area contributed by atoms with Gasteiger partial charge < -0.3 is 10.7 Å². The van der Waals surface area contributed by atoms with E-state index in [-0.39, 0.29) is 6.04 Å². The molecule has 2 rings (SSSR count). The van der Waals surface area contributed by atoms with Gasteiger partial charge in [0, 0.05) is 11.9 Å². The number of hydrogen-bond donors (Lipinski definition) is 2. The summed E-state index contributed by atoms with van der Waals surface area (Å²) in [5, 5.41) is 4.11. The Kier molecular flexibility index (Phi) is 1.98. The van der Waals surface area contributed by atoms with Crippen LogP contribution in [0.3, 0.4) is 0 Å². The third kappa shape index (κ3) is 1.29. The maximum Gasteiger partial charge on any atom is 0.0712 e. The zero-order valence-corrected chi connectivity index (χ0v) is 7.34. The number of nitrogens with one attached hydrogen (secondary N) is 1. The molecule has 0 aliphatic heterocycles. The second-order valence-corrected chi connectivity index (χ2v) is 3.44. The minimum Gasteiger partial charge on any atom is -0.363 e. The Morgan fingerprint density at radius 2 is 2.33 bits per heavy atom. The predicted molar refractivity (Wildman–Crippen MR) is 51.1 cm³/mol. The number of aromatic nitrogens is 1. The molecule has 0 fully saturated rings. The van der Waals surface area contributed by atoms with Crippen LogP contribution in [0, 0.1) is 0 Å². The highest BCUT2D eigenvalue weighted by Crippen LogP contribution is 2.19. The Morgan fingerprint density at radius 1 is 1.42 bits per heavy atom. The fourth-order valence-corrected chi connectivity index (χ4v) is 1.87. The highest BCUT2D eigenvalue weighted by Gasteiger charge is 2.08. The minimum atomic E-state index is -0.00810. The molecule has 0 saturated heterocycles. The van der Waals surface area contributed by atoms with Crippen LogP contribution in [0.4, 0.5) is 0 Å².